The van der Waals surface area contributed by atoms with E-state index in [0.29, 0.717) is 6.42 Å². The number of hydrogen-bond donors (Lipinski definition) is 1. The molecule has 0 saturated carbocycles. The molecule has 0 aliphatic carbocycles. The van der Waals surface area contributed by atoms with E-state index < -0.39 is 0 Å². The average Bonchev–Trinajstić information content (AvgIpc) is 2.97. The molecule has 0 bridgehead atoms. The highest BCUT2D eigenvalue weighted by atomic mass is 16.3. The fraction of sp³-hybridized carbons (Fsp3) is 0.263. The van der Waals surface area contributed by atoms with Crippen LogP contribution in [0.5, 0.6) is 0 Å². The standard InChI is InChI=1S/C19H20N2O2/c1-3-14-4-5-17-16(12-23-18(17)10-14)11-19(22)21-13(2)15-6-8-20-9-7-15/h4-10,12-13H,3,11H2,1-2H3,(H,21,22). The second kappa shape index (κ2) is 6.65. The van der Waals surface area contributed by atoms with Crippen LogP contribution in [0.3, 0.4) is 0 Å². The summed E-state index contributed by atoms with van der Waals surface area (Å²) in [5.41, 5.74) is 4.03. The van der Waals surface area contributed by atoms with E-state index in [1.807, 2.05) is 31.2 Å². The van der Waals surface area contributed by atoms with E-state index in [1.165, 1.54) is 5.56 Å². The van der Waals surface area contributed by atoms with Gasteiger partial charge in [0.2, 0.25) is 5.91 Å². The second-order valence-corrected chi connectivity index (χ2v) is 5.69. The number of aromatic nitrogens is 1. The van der Waals surface area contributed by atoms with E-state index in [-0.39, 0.29) is 11.9 Å². The molecule has 1 aromatic carbocycles. The predicted octanol–water partition coefficient (Wildman–Crippen LogP) is 3.81. The quantitative estimate of drug-likeness (QED) is 0.780. The van der Waals surface area contributed by atoms with Crippen LogP contribution in [0.4, 0.5) is 0 Å². The maximum absolute atomic E-state index is 12.3. The number of pyridine rings is 1. The van der Waals surface area contributed by atoms with Crippen LogP contribution in [0.1, 0.15) is 36.6 Å². The molecule has 1 amide bonds. The number of rotatable bonds is 5. The summed E-state index contributed by atoms with van der Waals surface area (Å²) in [5.74, 6) is -0.0171. The molecular formula is C19H20N2O2. The molecule has 1 unspecified atom stereocenters. The first kappa shape index (κ1) is 15.3. The molecule has 4 heteroatoms. The number of nitrogens with one attached hydrogen (secondary N) is 1. The molecular weight excluding hydrogens is 288 g/mol. The van der Waals surface area contributed by atoms with Crippen molar-refractivity contribution in [2.24, 2.45) is 0 Å². The van der Waals surface area contributed by atoms with Gasteiger partial charge in [0.05, 0.1) is 18.7 Å². The van der Waals surface area contributed by atoms with Gasteiger partial charge in [0.25, 0.3) is 0 Å². The lowest BCUT2D eigenvalue weighted by Crippen LogP contribution is -2.28. The third-order valence-electron chi connectivity index (χ3n) is 4.06. The third kappa shape index (κ3) is 3.42. The first-order chi connectivity index (χ1) is 11.2. The number of aryl methyl sites for hydroxylation is 1. The van der Waals surface area contributed by atoms with E-state index in [9.17, 15) is 4.79 Å². The molecule has 0 aliphatic heterocycles. The van der Waals surface area contributed by atoms with Crippen LogP contribution in [-0.4, -0.2) is 10.9 Å². The van der Waals surface area contributed by atoms with Gasteiger partial charge in [-0.25, -0.2) is 0 Å². The Morgan fingerprint density at radius 2 is 2.04 bits per heavy atom. The highest BCUT2D eigenvalue weighted by Crippen LogP contribution is 2.23. The summed E-state index contributed by atoms with van der Waals surface area (Å²) in [7, 11) is 0. The molecule has 118 valence electrons. The molecule has 0 fully saturated rings. The summed E-state index contributed by atoms with van der Waals surface area (Å²) in [6.07, 6.45) is 6.42. The molecule has 2 aromatic heterocycles. The van der Waals surface area contributed by atoms with Crippen molar-refractivity contribution in [3.63, 3.8) is 0 Å². The number of amides is 1. The topological polar surface area (TPSA) is 55.1 Å². The summed E-state index contributed by atoms with van der Waals surface area (Å²) in [6.45, 7) is 4.08. The van der Waals surface area contributed by atoms with E-state index in [2.05, 4.69) is 23.3 Å². The zero-order chi connectivity index (χ0) is 16.2. The predicted molar refractivity (Wildman–Crippen MR) is 90.1 cm³/mol. The van der Waals surface area contributed by atoms with Gasteiger partial charge >= 0.3 is 0 Å². The Bertz CT molecular complexity index is 809. The van der Waals surface area contributed by atoms with E-state index >= 15 is 0 Å². The summed E-state index contributed by atoms with van der Waals surface area (Å²) in [5, 5.41) is 4.02. The fourth-order valence-corrected chi connectivity index (χ4v) is 2.69. The summed E-state index contributed by atoms with van der Waals surface area (Å²) in [6, 6.07) is 9.92. The van der Waals surface area contributed by atoms with Crippen LogP contribution < -0.4 is 5.32 Å². The lowest BCUT2D eigenvalue weighted by molar-refractivity contribution is -0.121. The smallest absolute Gasteiger partial charge is 0.225 e. The number of nitrogens with zero attached hydrogens (tertiary/aromatic N) is 1. The van der Waals surface area contributed by atoms with Crippen molar-refractivity contribution in [1.29, 1.82) is 0 Å². The minimum absolute atomic E-state index is 0.0171. The van der Waals surface area contributed by atoms with Crippen molar-refractivity contribution in [3.05, 3.63) is 65.7 Å². The van der Waals surface area contributed by atoms with Gasteiger partial charge in [-0.05, 0) is 42.7 Å². The van der Waals surface area contributed by atoms with Crippen molar-refractivity contribution < 1.29 is 9.21 Å². The Balaban J connectivity index is 1.71. The van der Waals surface area contributed by atoms with Crippen LogP contribution in [0, 0.1) is 0 Å². The number of furan rings is 1. The summed E-state index contributed by atoms with van der Waals surface area (Å²) < 4.78 is 5.59. The lowest BCUT2D eigenvalue weighted by Gasteiger charge is -2.13. The summed E-state index contributed by atoms with van der Waals surface area (Å²) >= 11 is 0. The zero-order valence-corrected chi connectivity index (χ0v) is 13.4. The average molecular weight is 308 g/mol. The fourth-order valence-electron chi connectivity index (χ4n) is 2.69. The van der Waals surface area contributed by atoms with Crippen LogP contribution in [0.2, 0.25) is 0 Å². The number of fused-ring (bicyclic) bond motifs is 1. The van der Waals surface area contributed by atoms with Crippen molar-refractivity contribution in [2.45, 2.75) is 32.7 Å². The maximum atomic E-state index is 12.3. The third-order valence-corrected chi connectivity index (χ3v) is 4.06. The van der Waals surface area contributed by atoms with Gasteiger partial charge in [0.1, 0.15) is 5.58 Å². The molecule has 1 atom stereocenters. The van der Waals surface area contributed by atoms with Crippen LogP contribution in [0.25, 0.3) is 11.0 Å². The van der Waals surface area contributed by atoms with Gasteiger partial charge < -0.3 is 9.73 Å². The van der Waals surface area contributed by atoms with Crippen molar-refractivity contribution in [3.8, 4) is 0 Å². The monoisotopic (exact) mass is 308 g/mol. The Labute approximate surface area is 135 Å². The molecule has 1 N–H and O–H groups in total. The first-order valence-electron chi connectivity index (χ1n) is 7.85. The molecule has 3 aromatic rings. The van der Waals surface area contributed by atoms with Crippen LogP contribution >= 0.6 is 0 Å². The van der Waals surface area contributed by atoms with E-state index in [0.717, 1.165) is 28.5 Å². The van der Waals surface area contributed by atoms with Crippen molar-refractivity contribution >= 4 is 16.9 Å². The van der Waals surface area contributed by atoms with Gasteiger partial charge in [-0.3, -0.25) is 9.78 Å². The van der Waals surface area contributed by atoms with E-state index in [4.69, 9.17) is 4.42 Å². The Morgan fingerprint density at radius 1 is 1.26 bits per heavy atom. The number of carbonyl (C=O) groups excluding carboxylic acids is 1. The van der Waals surface area contributed by atoms with Gasteiger partial charge in [0.15, 0.2) is 0 Å². The Hall–Kier alpha value is -2.62. The molecule has 3 rings (SSSR count). The molecule has 23 heavy (non-hydrogen) atoms. The van der Waals surface area contributed by atoms with Crippen molar-refractivity contribution in [1.82, 2.24) is 10.3 Å². The minimum atomic E-state index is -0.0460. The second-order valence-electron chi connectivity index (χ2n) is 5.69. The molecule has 0 aliphatic rings. The van der Waals surface area contributed by atoms with Gasteiger partial charge in [0, 0.05) is 23.3 Å². The Kier molecular flexibility index (Phi) is 4.42. The van der Waals surface area contributed by atoms with Crippen molar-refractivity contribution in [2.75, 3.05) is 0 Å². The molecule has 4 nitrogen and oxygen atoms in total. The van der Waals surface area contributed by atoms with Gasteiger partial charge in [-0.15, -0.1) is 0 Å². The maximum Gasteiger partial charge on any atom is 0.225 e. The number of hydrogen-bond acceptors (Lipinski definition) is 3. The SMILES string of the molecule is CCc1ccc2c(CC(=O)NC(C)c3ccncc3)coc2c1. The van der Waals surface area contributed by atoms with Gasteiger partial charge in [-0.2, -0.15) is 0 Å². The highest BCUT2D eigenvalue weighted by Gasteiger charge is 2.13. The molecule has 0 radical (unpaired) electrons. The Morgan fingerprint density at radius 3 is 2.78 bits per heavy atom. The highest BCUT2D eigenvalue weighted by molar-refractivity contribution is 5.88. The lowest BCUT2D eigenvalue weighted by atomic mass is 10.1. The molecule has 2 heterocycles. The number of benzene rings is 1. The normalized spacial score (nSPS) is 12.3. The number of carbonyl (C=O) groups is 1. The van der Waals surface area contributed by atoms with Crippen LogP contribution in [0.15, 0.2) is 53.4 Å². The largest absolute Gasteiger partial charge is 0.464 e. The van der Waals surface area contributed by atoms with Gasteiger partial charge in [-0.1, -0.05) is 19.1 Å². The summed E-state index contributed by atoms with van der Waals surface area (Å²) in [4.78, 5) is 16.3. The minimum Gasteiger partial charge on any atom is -0.464 e. The molecule has 0 saturated heterocycles. The molecule has 0 spiro atoms. The van der Waals surface area contributed by atoms with E-state index in [1.54, 1.807) is 18.7 Å². The van der Waals surface area contributed by atoms with Crippen LogP contribution in [-0.2, 0) is 17.6 Å². The first-order valence-corrected chi connectivity index (χ1v) is 7.85. The zero-order valence-electron chi connectivity index (χ0n) is 13.4.